The van der Waals surface area contributed by atoms with Crippen LogP contribution in [0.4, 0.5) is 11.4 Å². The molecule has 3 aromatic rings. The second kappa shape index (κ2) is 7.57. The molecule has 1 amide bonds. The molecule has 0 unspecified atom stereocenters. The zero-order valence-corrected chi connectivity index (χ0v) is 16.7. The molecule has 3 aromatic carbocycles. The van der Waals surface area contributed by atoms with Crippen LogP contribution >= 0.6 is 15.9 Å². The first-order valence-corrected chi connectivity index (χ1v) is 9.92. The van der Waals surface area contributed by atoms with Gasteiger partial charge in [-0.05, 0) is 55.3 Å². The quantitative estimate of drug-likeness (QED) is 0.559. The Morgan fingerprint density at radius 1 is 1.00 bits per heavy atom. The van der Waals surface area contributed by atoms with Crippen LogP contribution in [0.3, 0.4) is 0 Å². The van der Waals surface area contributed by atoms with Gasteiger partial charge in [0.1, 0.15) is 0 Å². The fraction of sp³-hybridized carbons (Fsp3) is 0.174. The van der Waals surface area contributed by atoms with Crippen molar-refractivity contribution in [2.45, 2.75) is 25.4 Å². The summed E-state index contributed by atoms with van der Waals surface area (Å²) in [5.41, 5.74) is 3.85. The first-order valence-electron chi connectivity index (χ1n) is 9.13. The van der Waals surface area contributed by atoms with Gasteiger partial charge < -0.3 is 10.2 Å². The molecule has 1 aliphatic rings. The highest BCUT2D eigenvalue weighted by atomic mass is 79.9. The predicted molar refractivity (Wildman–Crippen MR) is 114 cm³/mol. The normalized spacial score (nSPS) is 18.3. The molecule has 136 valence electrons. The second-order valence-electron chi connectivity index (χ2n) is 6.91. The minimum atomic E-state index is -0.0219. The third-order valence-electron chi connectivity index (χ3n) is 4.93. The van der Waals surface area contributed by atoms with Crippen molar-refractivity contribution in [2.75, 3.05) is 10.2 Å². The Labute approximate surface area is 168 Å². The van der Waals surface area contributed by atoms with Crippen LogP contribution in [0, 0.1) is 0 Å². The van der Waals surface area contributed by atoms with Crippen LogP contribution in [0.15, 0.2) is 83.3 Å². The number of para-hydroxylation sites is 2. The van der Waals surface area contributed by atoms with Crippen molar-refractivity contribution < 1.29 is 4.79 Å². The molecule has 0 radical (unpaired) electrons. The summed E-state index contributed by atoms with van der Waals surface area (Å²) in [4.78, 5) is 15.5. The second-order valence-corrected chi connectivity index (χ2v) is 7.82. The van der Waals surface area contributed by atoms with E-state index in [4.69, 9.17) is 0 Å². The molecule has 1 N–H and O–H groups in total. The highest BCUT2D eigenvalue weighted by Gasteiger charge is 2.33. The molecule has 1 heterocycles. The summed E-state index contributed by atoms with van der Waals surface area (Å²) in [6, 6.07) is 26.1. The molecule has 0 aliphatic carbocycles. The molecule has 0 aromatic heterocycles. The summed E-state index contributed by atoms with van der Waals surface area (Å²) in [6.07, 6.45) is 0.853. The number of rotatable bonds is 3. The van der Waals surface area contributed by atoms with Gasteiger partial charge in [0.2, 0.25) is 0 Å². The molecule has 0 saturated carbocycles. The Morgan fingerprint density at radius 2 is 1.74 bits per heavy atom. The number of nitrogens with zero attached hydrogens (tertiary/aromatic N) is 1. The maximum absolute atomic E-state index is 13.6. The molecular weight excluding hydrogens is 400 g/mol. The van der Waals surface area contributed by atoms with Crippen LogP contribution in [-0.4, -0.2) is 11.9 Å². The third kappa shape index (κ3) is 3.62. The number of carbonyl (C=O) groups is 1. The van der Waals surface area contributed by atoms with Gasteiger partial charge in [-0.3, -0.25) is 4.79 Å². The molecule has 3 nitrogen and oxygen atoms in total. The number of anilines is 2. The molecule has 27 heavy (non-hydrogen) atoms. The molecule has 4 rings (SSSR count). The lowest BCUT2D eigenvalue weighted by molar-refractivity contribution is 0.0974. The van der Waals surface area contributed by atoms with E-state index >= 15 is 0 Å². The number of benzene rings is 3. The summed E-state index contributed by atoms with van der Waals surface area (Å²) in [7, 11) is 0. The van der Waals surface area contributed by atoms with Crippen LogP contribution in [0.25, 0.3) is 0 Å². The molecule has 2 atom stereocenters. The Hall–Kier alpha value is -2.59. The van der Waals surface area contributed by atoms with Crippen molar-refractivity contribution in [3.05, 3.63) is 94.5 Å². The molecule has 0 saturated heterocycles. The summed E-state index contributed by atoms with van der Waals surface area (Å²) in [6.45, 7) is 2.16. The van der Waals surface area contributed by atoms with E-state index in [0.717, 1.165) is 27.8 Å². The van der Waals surface area contributed by atoms with Crippen LogP contribution in [0.2, 0.25) is 0 Å². The van der Waals surface area contributed by atoms with Gasteiger partial charge in [-0.1, -0.05) is 58.4 Å². The van der Waals surface area contributed by atoms with Gasteiger partial charge in [0, 0.05) is 27.5 Å². The van der Waals surface area contributed by atoms with Crippen LogP contribution < -0.4 is 10.2 Å². The van der Waals surface area contributed by atoms with Gasteiger partial charge in [-0.2, -0.15) is 0 Å². The number of fused-ring (bicyclic) bond motifs is 1. The average molecular weight is 421 g/mol. The van der Waals surface area contributed by atoms with E-state index < -0.39 is 0 Å². The fourth-order valence-electron chi connectivity index (χ4n) is 3.74. The predicted octanol–water partition coefficient (Wildman–Crippen LogP) is 6.04. The topological polar surface area (TPSA) is 32.3 Å². The minimum absolute atomic E-state index is 0.0106. The molecule has 1 aliphatic heterocycles. The highest BCUT2D eigenvalue weighted by molar-refractivity contribution is 9.10. The Bertz CT molecular complexity index is 957. The van der Waals surface area contributed by atoms with Gasteiger partial charge in [0.15, 0.2) is 0 Å². The number of halogens is 1. The lowest BCUT2D eigenvalue weighted by Gasteiger charge is -2.39. The molecule has 0 fully saturated rings. The van der Waals surface area contributed by atoms with Gasteiger partial charge >= 0.3 is 0 Å². The van der Waals surface area contributed by atoms with E-state index in [1.165, 1.54) is 0 Å². The lowest BCUT2D eigenvalue weighted by Crippen LogP contribution is -2.40. The van der Waals surface area contributed by atoms with Crippen LogP contribution in [0.5, 0.6) is 0 Å². The minimum Gasteiger partial charge on any atom is -0.382 e. The van der Waals surface area contributed by atoms with Gasteiger partial charge in [-0.25, -0.2) is 0 Å². The SMILES string of the molecule is C[C@@H]1C[C@H](N(C(=O)c2cccc(Br)c2)c2ccccc2)c2ccccc2N1. The number of nitrogens with one attached hydrogen (secondary N) is 1. The Morgan fingerprint density at radius 3 is 2.52 bits per heavy atom. The zero-order chi connectivity index (χ0) is 18.8. The molecule has 4 heteroatoms. The van der Waals surface area contributed by atoms with Gasteiger partial charge in [-0.15, -0.1) is 0 Å². The molecule has 0 bridgehead atoms. The van der Waals surface area contributed by atoms with Crippen molar-refractivity contribution in [1.29, 1.82) is 0 Å². The summed E-state index contributed by atoms with van der Waals surface area (Å²) < 4.78 is 0.903. The van der Waals surface area contributed by atoms with Crippen molar-refractivity contribution in [3.8, 4) is 0 Å². The zero-order valence-electron chi connectivity index (χ0n) is 15.1. The van der Waals surface area contributed by atoms with E-state index in [0.29, 0.717) is 5.56 Å². The number of carbonyl (C=O) groups excluding carboxylic acids is 1. The number of amides is 1. The highest BCUT2D eigenvalue weighted by Crippen LogP contribution is 2.39. The van der Waals surface area contributed by atoms with Gasteiger partial charge in [0.25, 0.3) is 5.91 Å². The van der Waals surface area contributed by atoms with Crippen molar-refractivity contribution >= 4 is 33.2 Å². The molecular formula is C23H21BrN2O. The van der Waals surface area contributed by atoms with Crippen molar-refractivity contribution in [2.24, 2.45) is 0 Å². The largest absolute Gasteiger partial charge is 0.382 e. The van der Waals surface area contributed by atoms with Crippen molar-refractivity contribution in [1.82, 2.24) is 0 Å². The summed E-state index contributed by atoms with van der Waals surface area (Å²) in [5, 5.41) is 3.54. The maximum Gasteiger partial charge on any atom is 0.258 e. The van der Waals surface area contributed by atoms with E-state index in [1.807, 2.05) is 71.6 Å². The fourth-order valence-corrected chi connectivity index (χ4v) is 4.14. The van der Waals surface area contributed by atoms with Crippen LogP contribution in [-0.2, 0) is 0 Å². The lowest BCUT2D eigenvalue weighted by atomic mass is 9.91. The smallest absolute Gasteiger partial charge is 0.258 e. The molecule has 0 spiro atoms. The number of hydrogen-bond acceptors (Lipinski definition) is 2. The van der Waals surface area contributed by atoms with Crippen LogP contribution in [0.1, 0.15) is 35.3 Å². The van der Waals surface area contributed by atoms with Gasteiger partial charge in [0.05, 0.1) is 6.04 Å². The monoisotopic (exact) mass is 420 g/mol. The van der Waals surface area contributed by atoms with E-state index in [9.17, 15) is 4.79 Å². The first-order chi connectivity index (χ1) is 13.1. The van der Waals surface area contributed by atoms with E-state index in [1.54, 1.807) is 0 Å². The number of hydrogen-bond donors (Lipinski definition) is 1. The van der Waals surface area contributed by atoms with Crippen molar-refractivity contribution in [3.63, 3.8) is 0 Å². The Kier molecular flexibility index (Phi) is 4.99. The maximum atomic E-state index is 13.6. The summed E-state index contributed by atoms with van der Waals surface area (Å²) >= 11 is 3.49. The van der Waals surface area contributed by atoms with E-state index in [2.05, 4.69) is 40.3 Å². The third-order valence-corrected chi connectivity index (χ3v) is 5.43. The van der Waals surface area contributed by atoms with E-state index in [-0.39, 0.29) is 18.0 Å². The standard InChI is InChI=1S/C23H21BrN2O/c1-16-14-22(20-12-5-6-13-21(20)25-16)26(19-10-3-2-4-11-19)23(27)17-8-7-9-18(24)15-17/h2-13,15-16,22,25H,14H2,1H3/t16-,22+/m1/s1. The average Bonchev–Trinajstić information content (AvgIpc) is 2.69. The summed E-state index contributed by atoms with van der Waals surface area (Å²) in [5.74, 6) is 0.0106. The Balaban J connectivity index is 1.83. The first kappa shape index (κ1) is 17.8.